The van der Waals surface area contributed by atoms with Crippen LogP contribution >= 0.6 is 0 Å². The first-order chi connectivity index (χ1) is 13.5. The number of alkyl halides is 15. The Morgan fingerprint density at radius 1 is 0.581 bits per heavy atom. The molecule has 0 aliphatic heterocycles. The predicted molar refractivity (Wildman–Crippen MR) is 79.0 cm³/mol. The fourth-order valence-corrected chi connectivity index (χ4v) is 6.88. The average Bonchev–Trinajstić information content (AvgIpc) is 2.56. The van der Waals surface area contributed by atoms with Gasteiger partial charge in [-0.1, -0.05) is 36.9 Å². The number of benzene rings is 1. The van der Waals surface area contributed by atoms with Gasteiger partial charge in [0, 0.05) is 0 Å². The van der Waals surface area contributed by atoms with Crippen LogP contribution in [0.25, 0.3) is 6.08 Å². The van der Waals surface area contributed by atoms with Gasteiger partial charge in [0.05, 0.1) is 0 Å². The predicted octanol–water partition coefficient (Wildman–Crippen LogP) is 7.07. The second-order valence-corrected chi connectivity index (χ2v) is 10.3. The molecule has 0 aliphatic rings. The Labute approximate surface area is 164 Å². The van der Waals surface area contributed by atoms with Crippen LogP contribution in [0.1, 0.15) is 11.1 Å². The second kappa shape index (κ2) is 7.62. The molecule has 0 atom stereocenters. The van der Waals surface area contributed by atoms with Gasteiger partial charge in [0.2, 0.25) is 0 Å². The highest BCUT2D eigenvalue weighted by Crippen LogP contribution is 2.62. The van der Waals surface area contributed by atoms with Crippen LogP contribution in [0, 0.1) is 0 Å². The maximum Gasteiger partial charge on any atom is 0.449 e. The number of rotatable bonds is 6. The SMILES string of the molecule is C=Cc1ccc(C[Si](C(F)(F)C(F)(F)F)(C(F)(F)C(F)(F)F)C(F)(F)C(F)(F)F)cc1. The first-order valence-corrected chi connectivity index (χ1v) is 9.77. The lowest BCUT2D eigenvalue weighted by molar-refractivity contribution is -0.304. The summed E-state index contributed by atoms with van der Waals surface area (Å²) >= 11 is 0. The smallest absolute Gasteiger partial charge is 0.201 e. The molecule has 0 N–H and O–H groups in total. The molecule has 178 valence electrons. The molecule has 0 heterocycles. The fourth-order valence-electron chi connectivity index (χ4n) is 2.73. The van der Waals surface area contributed by atoms with Gasteiger partial charge in [-0.2, -0.15) is 39.5 Å². The Morgan fingerprint density at radius 2 is 0.871 bits per heavy atom. The Kier molecular flexibility index (Phi) is 6.67. The van der Waals surface area contributed by atoms with Gasteiger partial charge in [0.15, 0.2) is 0 Å². The van der Waals surface area contributed by atoms with Crippen molar-refractivity contribution in [2.45, 2.75) is 41.2 Å². The highest BCUT2D eigenvalue weighted by Gasteiger charge is 2.97. The highest BCUT2D eigenvalue weighted by atomic mass is 28.3. The highest BCUT2D eigenvalue weighted by molar-refractivity contribution is 6.86. The van der Waals surface area contributed by atoms with Crippen LogP contribution < -0.4 is 0 Å². The van der Waals surface area contributed by atoms with Gasteiger partial charge in [-0.3, -0.25) is 0 Å². The molecule has 1 aromatic rings. The second-order valence-electron chi connectivity index (χ2n) is 6.24. The van der Waals surface area contributed by atoms with Crippen molar-refractivity contribution in [2.75, 3.05) is 0 Å². The monoisotopic (exact) mass is 502 g/mol. The third kappa shape index (κ3) is 4.02. The maximum atomic E-state index is 14.1. The van der Waals surface area contributed by atoms with Gasteiger partial charge < -0.3 is 0 Å². The van der Waals surface area contributed by atoms with E-state index in [-0.39, 0.29) is 17.7 Å². The zero-order valence-corrected chi connectivity index (χ0v) is 15.5. The van der Waals surface area contributed by atoms with Crippen molar-refractivity contribution in [3.8, 4) is 0 Å². The van der Waals surface area contributed by atoms with E-state index in [2.05, 4.69) is 6.58 Å². The number of hydrogen-bond donors (Lipinski definition) is 0. The van der Waals surface area contributed by atoms with E-state index in [1.807, 2.05) is 0 Å². The molecule has 31 heavy (non-hydrogen) atoms. The summed E-state index contributed by atoms with van der Waals surface area (Å²) in [6.07, 6.45) is -21.8. The first-order valence-electron chi connectivity index (χ1n) is 7.56. The molecule has 1 aromatic carbocycles. The van der Waals surface area contributed by atoms with Crippen molar-refractivity contribution >= 4 is 14.1 Å². The van der Waals surface area contributed by atoms with Crippen LogP contribution in [0.15, 0.2) is 30.8 Å². The Morgan fingerprint density at radius 3 is 1.10 bits per heavy atom. The molecule has 0 spiro atoms. The minimum Gasteiger partial charge on any atom is -0.201 e. The van der Waals surface area contributed by atoms with E-state index in [9.17, 15) is 65.9 Å². The molecule has 0 radical (unpaired) electrons. The van der Waals surface area contributed by atoms with Crippen LogP contribution in [0.3, 0.4) is 0 Å². The van der Waals surface area contributed by atoms with Crippen LogP contribution in [0.5, 0.6) is 0 Å². The molecule has 0 unspecified atom stereocenters. The van der Waals surface area contributed by atoms with Crippen LogP contribution in [-0.4, -0.2) is 43.2 Å². The van der Waals surface area contributed by atoms with Gasteiger partial charge in [-0.15, -0.1) is 0 Å². The van der Waals surface area contributed by atoms with Gasteiger partial charge in [0.1, 0.15) is 0 Å². The van der Waals surface area contributed by atoms with E-state index >= 15 is 0 Å². The van der Waals surface area contributed by atoms with Crippen molar-refractivity contribution in [3.63, 3.8) is 0 Å². The molecule has 0 aliphatic carbocycles. The molecule has 0 amide bonds. The van der Waals surface area contributed by atoms with E-state index in [0.29, 0.717) is 12.1 Å². The normalized spacial score (nSPS) is 15.2. The lowest BCUT2D eigenvalue weighted by atomic mass is 10.1. The largest absolute Gasteiger partial charge is 0.449 e. The molecule has 1 rings (SSSR count). The van der Waals surface area contributed by atoms with Gasteiger partial charge in [0.25, 0.3) is 0 Å². The van der Waals surface area contributed by atoms with Crippen molar-refractivity contribution in [2.24, 2.45) is 0 Å². The summed E-state index contributed by atoms with van der Waals surface area (Å²) in [5.74, 6) is 0. The van der Waals surface area contributed by atoms with Crippen LogP contribution in [0.2, 0.25) is 0 Å². The number of hydrogen-bond acceptors (Lipinski definition) is 0. The Balaban J connectivity index is 4.18. The average molecular weight is 502 g/mol. The van der Waals surface area contributed by atoms with Crippen LogP contribution in [-0.2, 0) is 6.04 Å². The summed E-state index contributed by atoms with van der Waals surface area (Å²) in [6.45, 7) is 3.15. The van der Waals surface area contributed by atoms with Crippen molar-refractivity contribution < 1.29 is 65.9 Å². The molecule has 0 aromatic heterocycles. The first kappa shape index (κ1) is 27.2. The Hall–Kier alpha value is -1.87. The molecule has 0 saturated heterocycles. The zero-order chi connectivity index (χ0) is 24.9. The summed E-state index contributed by atoms with van der Waals surface area (Å²) in [7, 11) is -9.55. The summed E-state index contributed by atoms with van der Waals surface area (Å²) in [5, 5.41) is 0. The van der Waals surface area contributed by atoms with Gasteiger partial charge >= 0.3 is 43.2 Å². The van der Waals surface area contributed by atoms with E-state index in [0.717, 1.165) is 6.08 Å². The molecular formula is C15H9F15Si. The van der Waals surface area contributed by atoms with Crippen molar-refractivity contribution in [3.05, 3.63) is 42.0 Å². The van der Waals surface area contributed by atoms with E-state index < -0.39 is 54.8 Å². The minimum absolute atomic E-state index is 0.0243. The molecular weight excluding hydrogens is 493 g/mol. The summed E-state index contributed by atoms with van der Waals surface area (Å²) < 4.78 is 200. The maximum absolute atomic E-state index is 14.1. The fraction of sp³-hybridized carbons (Fsp3) is 0.467. The summed E-state index contributed by atoms with van der Waals surface area (Å²) in [6, 6.07) is -1.33. The van der Waals surface area contributed by atoms with E-state index in [1.165, 1.54) is 0 Å². The number of halogens is 15. The van der Waals surface area contributed by atoms with E-state index in [1.54, 1.807) is 0 Å². The third-order valence-corrected chi connectivity index (χ3v) is 9.37. The molecule has 0 saturated carbocycles. The lowest BCUT2D eigenvalue weighted by Gasteiger charge is -2.47. The van der Waals surface area contributed by atoms with Crippen LogP contribution in [0.4, 0.5) is 65.9 Å². The van der Waals surface area contributed by atoms with Crippen molar-refractivity contribution in [1.82, 2.24) is 0 Å². The van der Waals surface area contributed by atoms with E-state index in [4.69, 9.17) is 0 Å². The summed E-state index contributed by atoms with van der Waals surface area (Å²) in [5.41, 5.74) is -24.7. The molecule has 0 bridgehead atoms. The quantitative estimate of drug-likeness (QED) is 0.289. The van der Waals surface area contributed by atoms with Gasteiger partial charge in [-0.25, -0.2) is 26.3 Å². The standard InChI is InChI=1S/C15H9F15Si/c1-2-8-3-5-9(6-4-8)7-31(13(25,26)10(16,17)18,14(27,28)11(19,20)21)15(29,30)12(22,23)24/h2-6H,1,7H2. The Bertz CT molecular complexity index is 718. The molecule has 0 nitrogen and oxygen atoms in total. The molecule has 0 fully saturated rings. The lowest BCUT2D eigenvalue weighted by Crippen LogP contribution is -2.85. The topological polar surface area (TPSA) is 0 Å². The molecule has 16 heteroatoms. The summed E-state index contributed by atoms with van der Waals surface area (Å²) in [4.78, 5) is 0. The third-order valence-electron chi connectivity index (χ3n) is 4.36. The van der Waals surface area contributed by atoms with Crippen molar-refractivity contribution in [1.29, 1.82) is 0 Å². The zero-order valence-electron chi connectivity index (χ0n) is 14.5. The van der Waals surface area contributed by atoms with Gasteiger partial charge in [-0.05, 0) is 17.2 Å². The minimum atomic E-state index is -9.55.